The molecule has 124 valence electrons. The predicted molar refractivity (Wildman–Crippen MR) is 91.0 cm³/mol. The van der Waals surface area contributed by atoms with Gasteiger partial charge in [-0.2, -0.15) is 0 Å². The van der Waals surface area contributed by atoms with Crippen LogP contribution in [-0.2, 0) is 16.4 Å². The number of nitrogens with one attached hydrogen (secondary N) is 1. The normalized spacial score (nSPS) is 11.5. The summed E-state index contributed by atoms with van der Waals surface area (Å²) < 4.78 is 46.0. The first-order valence-corrected chi connectivity index (χ1v) is 9.26. The lowest BCUT2D eigenvalue weighted by Gasteiger charge is -2.10. The summed E-state index contributed by atoms with van der Waals surface area (Å²) in [5.74, 6) is 0.0155. The van der Waals surface area contributed by atoms with Crippen molar-refractivity contribution in [3.05, 3.63) is 57.3 Å². The molecule has 2 rings (SSSR count). The Balaban J connectivity index is 2.08. The van der Waals surface area contributed by atoms with Gasteiger partial charge in [0.1, 0.15) is 11.6 Å². The first-order chi connectivity index (χ1) is 10.8. The number of hydrogen-bond acceptors (Lipinski definition) is 3. The van der Waals surface area contributed by atoms with E-state index in [4.69, 9.17) is 16.3 Å². The zero-order valence-electron chi connectivity index (χ0n) is 12.1. The van der Waals surface area contributed by atoms with Crippen molar-refractivity contribution in [2.24, 2.45) is 0 Å². The number of hydrogen-bond donors (Lipinski definition) is 1. The van der Waals surface area contributed by atoms with Gasteiger partial charge in [-0.3, -0.25) is 0 Å². The van der Waals surface area contributed by atoms with Gasteiger partial charge < -0.3 is 4.74 Å². The van der Waals surface area contributed by atoms with Crippen molar-refractivity contribution in [1.82, 2.24) is 4.72 Å². The molecule has 0 saturated heterocycles. The fourth-order valence-corrected chi connectivity index (χ4v) is 3.70. The summed E-state index contributed by atoms with van der Waals surface area (Å²) in [6, 6.07) is 8.78. The largest absolute Gasteiger partial charge is 0.496 e. The molecule has 0 heterocycles. The molecule has 1 N–H and O–H groups in total. The fourth-order valence-electron chi connectivity index (χ4n) is 1.99. The molecule has 0 aliphatic heterocycles. The zero-order valence-corrected chi connectivity index (χ0v) is 15.3. The minimum atomic E-state index is -3.75. The van der Waals surface area contributed by atoms with Crippen LogP contribution in [0.1, 0.15) is 5.56 Å². The van der Waals surface area contributed by atoms with E-state index >= 15 is 0 Å². The van der Waals surface area contributed by atoms with Gasteiger partial charge in [0.05, 0.1) is 17.0 Å². The Labute approximate surface area is 147 Å². The third-order valence-electron chi connectivity index (χ3n) is 3.13. The molecular weight excluding hydrogens is 409 g/mol. The third kappa shape index (κ3) is 4.67. The quantitative estimate of drug-likeness (QED) is 0.771. The van der Waals surface area contributed by atoms with Crippen LogP contribution in [0.3, 0.4) is 0 Å². The molecule has 0 spiro atoms. The van der Waals surface area contributed by atoms with Crippen molar-refractivity contribution in [1.29, 1.82) is 0 Å². The van der Waals surface area contributed by atoms with Crippen LogP contribution in [-0.4, -0.2) is 22.1 Å². The lowest BCUT2D eigenvalue weighted by atomic mass is 10.1. The Kier molecular flexibility index (Phi) is 6.02. The van der Waals surface area contributed by atoms with E-state index in [-0.39, 0.29) is 16.5 Å². The van der Waals surface area contributed by atoms with Gasteiger partial charge in [-0.1, -0.05) is 27.5 Å². The van der Waals surface area contributed by atoms with Crippen LogP contribution in [0.15, 0.2) is 45.8 Å². The van der Waals surface area contributed by atoms with Crippen LogP contribution in [0.2, 0.25) is 5.02 Å². The maximum absolute atomic E-state index is 13.1. The third-order valence-corrected chi connectivity index (χ3v) is 5.37. The van der Waals surface area contributed by atoms with E-state index in [0.29, 0.717) is 12.2 Å². The minimum Gasteiger partial charge on any atom is -0.496 e. The average molecular weight is 423 g/mol. The molecule has 23 heavy (non-hydrogen) atoms. The van der Waals surface area contributed by atoms with Crippen molar-refractivity contribution in [3.8, 4) is 5.75 Å². The van der Waals surface area contributed by atoms with E-state index in [1.807, 2.05) is 12.1 Å². The van der Waals surface area contributed by atoms with Gasteiger partial charge in [0.25, 0.3) is 0 Å². The summed E-state index contributed by atoms with van der Waals surface area (Å²) in [6.07, 6.45) is 0.441. The van der Waals surface area contributed by atoms with Gasteiger partial charge in [0.15, 0.2) is 0 Å². The summed E-state index contributed by atoms with van der Waals surface area (Å²) in [5, 5.41) is -0.235. The molecule has 2 aromatic carbocycles. The fraction of sp³-hybridized carbons (Fsp3) is 0.200. The molecule has 0 fully saturated rings. The number of halogens is 3. The highest BCUT2D eigenvalue weighted by Crippen LogP contribution is 2.23. The van der Waals surface area contributed by atoms with E-state index in [1.165, 1.54) is 6.07 Å². The Morgan fingerprint density at radius 1 is 1.26 bits per heavy atom. The number of benzene rings is 2. The van der Waals surface area contributed by atoms with Crippen LogP contribution in [0.25, 0.3) is 0 Å². The number of methoxy groups -OCH3 is 1. The summed E-state index contributed by atoms with van der Waals surface area (Å²) >= 11 is 8.98. The summed E-state index contributed by atoms with van der Waals surface area (Å²) in [4.78, 5) is -0.0786. The maximum atomic E-state index is 13.1. The van der Waals surface area contributed by atoms with Crippen LogP contribution in [0, 0.1) is 5.82 Å². The van der Waals surface area contributed by atoms with Gasteiger partial charge in [-0.25, -0.2) is 17.5 Å². The Morgan fingerprint density at radius 3 is 2.65 bits per heavy atom. The molecule has 0 unspecified atom stereocenters. The predicted octanol–water partition coefficient (Wildman–Crippen LogP) is 3.77. The molecule has 0 amide bonds. The standard InChI is InChI=1S/C15H14BrClFNO3S/c1-22-15-5-2-11(16)8-10(15)6-7-19-23(20,21)12-3-4-14(18)13(17)9-12/h2-5,8-9,19H,6-7H2,1H3. The Bertz CT molecular complexity index is 814. The second kappa shape index (κ2) is 7.61. The van der Waals surface area contributed by atoms with Crippen molar-refractivity contribution in [2.75, 3.05) is 13.7 Å². The van der Waals surface area contributed by atoms with E-state index in [9.17, 15) is 12.8 Å². The summed E-state index contributed by atoms with van der Waals surface area (Å²) in [5.41, 5.74) is 0.863. The second-order valence-corrected chi connectivity index (χ2v) is 7.77. The van der Waals surface area contributed by atoms with E-state index < -0.39 is 15.8 Å². The van der Waals surface area contributed by atoms with Crippen molar-refractivity contribution in [3.63, 3.8) is 0 Å². The van der Waals surface area contributed by atoms with Crippen molar-refractivity contribution in [2.45, 2.75) is 11.3 Å². The van der Waals surface area contributed by atoms with Gasteiger partial charge in [0, 0.05) is 11.0 Å². The van der Waals surface area contributed by atoms with Gasteiger partial charge in [-0.05, 0) is 48.4 Å². The Morgan fingerprint density at radius 2 is 2.00 bits per heavy atom. The second-order valence-electron chi connectivity index (χ2n) is 4.68. The molecule has 0 aliphatic rings. The van der Waals surface area contributed by atoms with Crippen molar-refractivity contribution >= 4 is 37.6 Å². The first-order valence-electron chi connectivity index (χ1n) is 6.60. The van der Waals surface area contributed by atoms with E-state index in [0.717, 1.165) is 22.2 Å². The van der Waals surface area contributed by atoms with E-state index in [2.05, 4.69) is 20.7 Å². The SMILES string of the molecule is COc1ccc(Br)cc1CCNS(=O)(=O)c1ccc(F)c(Cl)c1. The molecule has 0 bridgehead atoms. The molecule has 8 heteroatoms. The summed E-state index contributed by atoms with van der Waals surface area (Å²) in [7, 11) is -2.20. The molecule has 0 aliphatic carbocycles. The maximum Gasteiger partial charge on any atom is 0.240 e. The topological polar surface area (TPSA) is 55.4 Å². The average Bonchev–Trinajstić information content (AvgIpc) is 2.50. The van der Waals surface area contributed by atoms with Crippen LogP contribution < -0.4 is 9.46 Å². The van der Waals surface area contributed by atoms with Gasteiger partial charge >= 0.3 is 0 Å². The molecule has 0 radical (unpaired) electrons. The molecule has 0 atom stereocenters. The Hall–Kier alpha value is -1.15. The first kappa shape index (κ1) is 18.2. The highest BCUT2D eigenvalue weighted by Gasteiger charge is 2.15. The number of sulfonamides is 1. The molecule has 0 aromatic heterocycles. The molecule has 2 aromatic rings. The van der Waals surface area contributed by atoms with Crippen LogP contribution in [0.5, 0.6) is 5.75 Å². The van der Waals surface area contributed by atoms with E-state index in [1.54, 1.807) is 13.2 Å². The lowest BCUT2D eigenvalue weighted by Crippen LogP contribution is -2.26. The molecule has 0 saturated carbocycles. The number of ether oxygens (including phenoxy) is 1. The summed E-state index contributed by atoms with van der Waals surface area (Å²) in [6.45, 7) is 0.171. The highest BCUT2D eigenvalue weighted by molar-refractivity contribution is 9.10. The van der Waals surface area contributed by atoms with Gasteiger partial charge in [0.2, 0.25) is 10.0 Å². The van der Waals surface area contributed by atoms with Crippen molar-refractivity contribution < 1.29 is 17.5 Å². The van der Waals surface area contributed by atoms with Crippen LogP contribution >= 0.6 is 27.5 Å². The molecular formula is C15H14BrClFNO3S. The van der Waals surface area contributed by atoms with Gasteiger partial charge in [-0.15, -0.1) is 0 Å². The minimum absolute atomic E-state index is 0.0786. The smallest absolute Gasteiger partial charge is 0.240 e. The van der Waals surface area contributed by atoms with Crippen LogP contribution in [0.4, 0.5) is 4.39 Å². The zero-order chi connectivity index (χ0) is 17.0. The number of rotatable bonds is 6. The molecule has 4 nitrogen and oxygen atoms in total. The monoisotopic (exact) mass is 421 g/mol. The highest BCUT2D eigenvalue weighted by atomic mass is 79.9. The lowest BCUT2D eigenvalue weighted by molar-refractivity contribution is 0.409.